The number of pyridine rings is 1. The summed E-state index contributed by atoms with van der Waals surface area (Å²) in [7, 11) is 0. The molecule has 1 aromatic carbocycles. The molecule has 0 bridgehead atoms. The number of carbonyl (C=O) groups excluding carboxylic acids is 3. The number of hydrogen-bond acceptors (Lipinski definition) is 7. The van der Waals surface area contributed by atoms with E-state index in [1.807, 2.05) is 10.7 Å². The molecule has 0 spiro atoms. The van der Waals surface area contributed by atoms with Crippen LogP contribution in [0.5, 0.6) is 0 Å². The molecule has 0 aliphatic carbocycles. The molecule has 0 saturated carbocycles. The molecule has 0 radical (unpaired) electrons. The number of hydrazine groups is 1. The largest absolute Gasteiger partial charge is 0.481 e. The van der Waals surface area contributed by atoms with E-state index in [-0.39, 0.29) is 10.6 Å². The lowest BCUT2D eigenvalue weighted by molar-refractivity contribution is -0.139. The Bertz CT molecular complexity index is 924. The van der Waals surface area contributed by atoms with Crippen molar-refractivity contribution in [3.05, 3.63) is 53.2 Å². The van der Waals surface area contributed by atoms with Crippen molar-refractivity contribution in [2.75, 3.05) is 5.32 Å². The summed E-state index contributed by atoms with van der Waals surface area (Å²) < 4.78 is 0. The van der Waals surface area contributed by atoms with Crippen LogP contribution >= 0.6 is 11.6 Å². The Hall–Kier alpha value is -3.70. The van der Waals surface area contributed by atoms with Gasteiger partial charge in [0.25, 0.3) is 5.91 Å². The van der Waals surface area contributed by atoms with Gasteiger partial charge in [0.15, 0.2) is 0 Å². The third-order valence-electron chi connectivity index (χ3n) is 3.41. The van der Waals surface area contributed by atoms with Crippen LogP contribution in [0, 0.1) is 0 Å². The van der Waals surface area contributed by atoms with E-state index in [2.05, 4.69) is 15.7 Å². The molecule has 7 N–H and O–H groups in total. The van der Waals surface area contributed by atoms with E-state index in [1.54, 1.807) is 30.5 Å². The van der Waals surface area contributed by atoms with E-state index in [0.29, 0.717) is 11.5 Å². The summed E-state index contributed by atoms with van der Waals surface area (Å²) >= 11 is 6.02. The zero-order chi connectivity index (χ0) is 21.4. The highest BCUT2D eigenvalue weighted by atomic mass is 35.5. The molecular formula is C17H17ClN6O5. The molecule has 29 heavy (non-hydrogen) atoms. The minimum Gasteiger partial charge on any atom is -0.481 e. The summed E-state index contributed by atoms with van der Waals surface area (Å²) in [6.45, 7) is 0. The lowest BCUT2D eigenvalue weighted by atomic mass is 10.2. The van der Waals surface area contributed by atoms with Crippen LogP contribution in [0.15, 0.2) is 42.6 Å². The first-order chi connectivity index (χ1) is 13.7. The number of amides is 4. The molecule has 1 heterocycles. The first-order valence-corrected chi connectivity index (χ1v) is 8.49. The van der Waals surface area contributed by atoms with Crippen molar-refractivity contribution in [3.63, 3.8) is 0 Å². The number of aliphatic carboxylic acids is 1. The monoisotopic (exact) mass is 420 g/mol. The number of carboxylic acids is 1. The van der Waals surface area contributed by atoms with Gasteiger partial charge in [-0.25, -0.2) is 15.2 Å². The SMILES string of the molecule is NC(=O)[C@H](CC(=O)O)NNC(=O)NC(=O)c1cc(Cl)cc(Nc2ccccn2)c1. The molecule has 152 valence electrons. The van der Waals surface area contributed by atoms with Crippen LogP contribution in [0.4, 0.5) is 16.3 Å². The first-order valence-electron chi connectivity index (χ1n) is 8.11. The Morgan fingerprint density at radius 3 is 2.55 bits per heavy atom. The van der Waals surface area contributed by atoms with Gasteiger partial charge in [-0.05, 0) is 30.3 Å². The number of halogens is 1. The van der Waals surface area contributed by atoms with Crippen molar-refractivity contribution in [1.82, 2.24) is 21.2 Å². The van der Waals surface area contributed by atoms with Crippen LogP contribution in [0.1, 0.15) is 16.8 Å². The average Bonchev–Trinajstić information content (AvgIpc) is 2.65. The molecule has 12 heteroatoms. The van der Waals surface area contributed by atoms with Crippen molar-refractivity contribution in [3.8, 4) is 0 Å². The van der Waals surface area contributed by atoms with E-state index in [1.165, 1.54) is 12.1 Å². The number of benzene rings is 1. The average molecular weight is 421 g/mol. The van der Waals surface area contributed by atoms with Crippen molar-refractivity contribution in [2.45, 2.75) is 12.5 Å². The van der Waals surface area contributed by atoms with E-state index >= 15 is 0 Å². The second-order valence-electron chi connectivity index (χ2n) is 5.67. The highest BCUT2D eigenvalue weighted by molar-refractivity contribution is 6.31. The number of urea groups is 1. The van der Waals surface area contributed by atoms with Crippen LogP contribution in [-0.4, -0.2) is 39.9 Å². The predicted octanol–water partition coefficient (Wildman–Crippen LogP) is 0.751. The van der Waals surface area contributed by atoms with Crippen LogP contribution < -0.4 is 27.2 Å². The van der Waals surface area contributed by atoms with Crippen LogP contribution in [0.3, 0.4) is 0 Å². The minimum absolute atomic E-state index is 0.0723. The van der Waals surface area contributed by atoms with Gasteiger partial charge in [-0.1, -0.05) is 17.7 Å². The molecule has 11 nitrogen and oxygen atoms in total. The summed E-state index contributed by atoms with van der Waals surface area (Å²) in [6.07, 6.45) is 0.932. The van der Waals surface area contributed by atoms with Crippen molar-refractivity contribution < 1.29 is 24.3 Å². The van der Waals surface area contributed by atoms with Gasteiger partial charge in [-0.2, -0.15) is 0 Å². The maximum Gasteiger partial charge on any atom is 0.336 e. The number of nitrogens with one attached hydrogen (secondary N) is 4. The van der Waals surface area contributed by atoms with E-state index < -0.39 is 36.3 Å². The second kappa shape index (κ2) is 10.0. The molecule has 2 aromatic rings. The fourth-order valence-electron chi connectivity index (χ4n) is 2.13. The zero-order valence-electron chi connectivity index (χ0n) is 14.8. The lowest BCUT2D eigenvalue weighted by Crippen LogP contribution is -2.54. The lowest BCUT2D eigenvalue weighted by Gasteiger charge is -2.14. The van der Waals surface area contributed by atoms with Crippen molar-refractivity contribution in [1.29, 1.82) is 0 Å². The second-order valence-corrected chi connectivity index (χ2v) is 6.11. The molecule has 2 rings (SSSR count). The van der Waals surface area contributed by atoms with Crippen molar-refractivity contribution >= 4 is 46.9 Å². The van der Waals surface area contributed by atoms with Crippen LogP contribution in [0.2, 0.25) is 5.02 Å². The number of rotatable bonds is 8. The Morgan fingerprint density at radius 2 is 1.93 bits per heavy atom. The third-order valence-corrected chi connectivity index (χ3v) is 3.62. The highest BCUT2D eigenvalue weighted by Gasteiger charge is 2.20. The molecule has 0 unspecified atom stereocenters. The number of nitrogens with zero attached hydrogens (tertiary/aromatic N) is 1. The van der Waals surface area contributed by atoms with Crippen molar-refractivity contribution in [2.24, 2.45) is 5.73 Å². The summed E-state index contributed by atoms with van der Waals surface area (Å²) in [5.41, 5.74) is 9.71. The van der Waals surface area contributed by atoms with Crippen LogP contribution in [-0.2, 0) is 9.59 Å². The molecule has 1 atom stereocenters. The number of anilines is 2. The van der Waals surface area contributed by atoms with Gasteiger partial charge in [-0.3, -0.25) is 25.1 Å². The van der Waals surface area contributed by atoms with E-state index in [0.717, 1.165) is 0 Å². The maximum absolute atomic E-state index is 12.3. The Balaban J connectivity index is 1.99. The molecule has 4 amide bonds. The number of hydrogen-bond donors (Lipinski definition) is 6. The smallest absolute Gasteiger partial charge is 0.336 e. The molecule has 0 aliphatic rings. The molecular weight excluding hydrogens is 404 g/mol. The molecule has 0 aliphatic heterocycles. The summed E-state index contributed by atoms with van der Waals surface area (Å²) in [4.78, 5) is 50.0. The van der Waals surface area contributed by atoms with Gasteiger partial charge < -0.3 is 16.2 Å². The number of carbonyl (C=O) groups is 4. The van der Waals surface area contributed by atoms with Gasteiger partial charge in [-0.15, -0.1) is 0 Å². The topological polar surface area (TPSA) is 176 Å². The van der Waals surface area contributed by atoms with E-state index in [9.17, 15) is 19.2 Å². The van der Waals surface area contributed by atoms with Gasteiger partial charge >= 0.3 is 12.0 Å². The fourth-order valence-corrected chi connectivity index (χ4v) is 2.37. The molecule has 0 fully saturated rings. The molecule has 0 saturated heterocycles. The quantitative estimate of drug-likeness (QED) is 0.339. The van der Waals surface area contributed by atoms with Gasteiger partial charge in [0.05, 0.1) is 6.42 Å². The first kappa shape index (κ1) is 21.6. The number of primary amides is 1. The number of imide groups is 1. The van der Waals surface area contributed by atoms with Gasteiger partial charge in [0, 0.05) is 22.5 Å². The zero-order valence-corrected chi connectivity index (χ0v) is 15.6. The number of nitrogens with two attached hydrogens (primary N) is 1. The molecule has 1 aromatic heterocycles. The number of carboxylic acid groups (broad SMARTS) is 1. The van der Waals surface area contributed by atoms with E-state index in [4.69, 9.17) is 22.4 Å². The Kier molecular flexibility index (Phi) is 7.46. The maximum atomic E-state index is 12.3. The normalized spacial score (nSPS) is 11.2. The highest BCUT2D eigenvalue weighted by Crippen LogP contribution is 2.21. The van der Waals surface area contributed by atoms with Gasteiger partial charge in [0.1, 0.15) is 11.9 Å². The standard InChI is InChI=1S/C17H17ClN6O5/c18-10-5-9(6-11(7-10)21-13-3-1-2-4-20-13)16(28)22-17(29)24-23-12(15(19)27)8-14(25)26/h1-7,12,23H,8H2,(H2,19,27)(H,20,21)(H,25,26)(H2,22,24,28,29)/t12-/m0/s1. The summed E-state index contributed by atoms with van der Waals surface area (Å²) in [5.74, 6) is -2.55. The van der Waals surface area contributed by atoms with Crippen LogP contribution in [0.25, 0.3) is 0 Å². The Labute approximate surface area is 169 Å². The summed E-state index contributed by atoms with van der Waals surface area (Å²) in [5, 5.41) is 13.9. The Morgan fingerprint density at radius 1 is 1.17 bits per heavy atom. The number of aromatic nitrogens is 1. The fraction of sp³-hybridized carbons (Fsp3) is 0.118. The summed E-state index contributed by atoms with van der Waals surface area (Å²) in [6, 6.07) is 7.22. The predicted molar refractivity (Wildman–Crippen MR) is 103 cm³/mol. The minimum atomic E-state index is -1.35. The third kappa shape index (κ3) is 7.08. The van der Waals surface area contributed by atoms with Gasteiger partial charge in [0.2, 0.25) is 5.91 Å².